The van der Waals surface area contributed by atoms with Gasteiger partial charge in [-0.05, 0) is 12.1 Å². The van der Waals surface area contributed by atoms with Crippen LogP contribution >= 0.6 is 11.3 Å². The third kappa shape index (κ3) is 2.96. The third-order valence-electron chi connectivity index (χ3n) is 3.16. The van der Waals surface area contributed by atoms with E-state index in [-0.39, 0.29) is 30.9 Å². The number of anilines is 1. The van der Waals surface area contributed by atoms with Crippen molar-refractivity contribution in [2.24, 2.45) is 0 Å². The zero-order valence-electron chi connectivity index (χ0n) is 12.1. The van der Waals surface area contributed by atoms with Gasteiger partial charge in [0.15, 0.2) is 0 Å². The molecule has 23 heavy (non-hydrogen) atoms. The van der Waals surface area contributed by atoms with E-state index in [0.717, 1.165) is 16.2 Å². The van der Waals surface area contributed by atoms with Gasteiger partial charge in [0.25, 0.3) is 17.7 Å². The molecule has 1 N–H and O–H groups in total. The average Bonchev–Trinajstić information content (AvgIpc) is 3.07. The minimum Gasteiger partial charge on any atom is -0.375 e. The van der Waals surface area contributed by atoms with E-state index in [9.17, 15) is 14.4 Å². The van der Waals surface area contributed by atoms with Gasteiger partial charge >= 0.3 is 0 Å². The highest BCUT2D eigenvalue weighted by Gasteiger charge is 2.35. The minimum absolute atomic E-state index is 0.0180. The lowest BCUT2D eigenvalue weighted by Crippen LogP contribution is -2.29. The highest BCUT2D eigenvalue weighted by Crippen LogP contribution is 2.25. The summed E-state index contributed by atoms with van der Waals surface area (Å²) in [7, 11) is 1.41. The van der Waals surface area contributed by atoms with Crippen LogP contribution in [0.3, 0.4) is 0 Å². The first-order valence-electron chi connectivity index (χ1n) is 6.66. The number of carbonyl (C=O) groups is 3. The maximum Gasteiger partial charge on any atom is 0.261 e. The number of aromatic nitrogens is 2. The molecule has 1 aromatic carbocycles. The first kappa shape index (κ1) is 15.3. The number of nitrogens with one attached hydrogen (secondary N) is 1. The number of carbonyl (C=O) groups excluding carboxylic acids is 3. The van der Waals surface area contributed by atoms with E-state index >= 15 is 0 Å². The van der Waals surface area contributed by atoms with E-state index in [4.69, 9.17) is 4.74 Å². The van der Waals surface area contributed by atoms with Crippen molar-refractivity contribution in [1.82, 2.24) is 15.1 Å². The summed E-state index contributed by atoms with van der Waals surface area (Å²) in [6, 6.07) is 6.65. The Morgan fingerprint density at radius 3 is 2.48 bits per heavy atom. The Bertz CT molecular complexity index is 754. The minimum atomic E-state index is -0.356. The van der Waals surface area contributed by atoms with Crippen LogP contribution in [0.4, 0.5) is 5.13 Å². The summed E-state index contributed by atoms with van der Waals surface area (Å²) in [5, 5.41) is 11.0. The van der Waals surface area contributed by atoms with Crippen LogP contribution in [0, 0.1) is 0 Å². The molecule has 118 valence electrons. The van der Waals surface area contributed by atoms with Crippen LogP contribution in [-0.2, 0) is 16.1 Å². The van der Waals surface area contributed by atoms with Crippen LogP contribution in [0.15, 0.2) is 24.3 Å². The van der Waals surface area contributed by atoms with Gasteiger partial charge in [-0.15, -0.1) is 10.2 Å². The van der Waals surface area contributed by atoms with Gasteiger partial charge in [0.05, 0.1) is 17.7 Å². The van der Waals surface area contributed by atoms with Crippen LogP contribution in [-0.4, -0.2) is 46.5 Å². The molecule has 8 nitrogen and oxygen atoms in total. The van der Waals surface area contributed by atoms with Crippen molar-refractivity contribution in [3.05, 3.63) is 40.4 Å². The quantitative estimate of drug-likeness (QED) is 0.817. The van der Waals surface area contributed by atoms with E-state index in [1.807, 2.05) is 0 Å². The SMILES string of the molecule is COCC(=O)Nc1nnc(CN2C(=O)c3ccccc3C2=O)s1. The molecule has 1 aromatic heterocycles. The van der Waals surface area contributed by atoms with Crippen molar-refractivity contribution >= 4 is 34.2 Å². The van der Waals surface area contributed by atoms with E-state index in [0.29, 0.717) is 21.3 Å². The van der Waals surface area contributed by atoms with E-state index < -0.39 is 0 Å². The molecule has 0 saturated heterocycles. The first-order chi connectivity index (χ1) is 11.1. The monoisotopic (exact) mass is 332 g/mol. The summed E-state index contributed by atoms with van der Waals surface area (Å²) in [4.78, 5) is 37.0. The Labute approximate surface area is 135 Å². The normalized spacial score (nSPS) is 13.3. The molecule has 0 bridgehead atoms. The highest BCUT2D eigenvalue weighted by molar-refractivity contribution is 7.15. The second-order valence-electron chi connectivity index (χ2n) is 4.72. The van der Waals surface area contributed by atoms with Gasteiger partial charge in [-0.25, -0.2) is 0 Å². The van der Waals surface area contributed by atoms with Gasteiger partial charge in [0.2, 0.25) is 5.13 Å². The summed E-state index contributed by atoms with van der Waals surface area (Å²) in [5.74, 6) is -1.06. The number of fused-ring (bicyclic) bond motifs is 1. The fourth-order valence-electron chi connectivity index (χ4n) is 2.17. The molecule has 0 saturated carbocycles. The van der Waals surface area contributed by atoms with Crippen molar-refractivity contribution in [3.63, 3.8) is 0 Å². The lowest BCUT2D eigenvalue weighted by molar-refractivity contribution is -0.119. The van der Waals surface area contributed by atoms with E-state index in [1.54, 1.807) is 24.3 Å². The first-order valence-corrected chi connectivity index (χ1v) is 7.48. The molecular weight excluding hydrogens is 320 g/mol. The van der Waals surface area contributed by atoms with Crippen LogP contribution in [0.1, 0.15) is 25.7 Å². The number of benzene rings is 1. The number of hydrogen-bond acceptors (Lipinski definition) is 7. The van der Waals surface area contributed by atoms with Crippen molar-refractivity contribution < 1.29 is 19.1 Å². The predicted molar refractivity (Wildman–Crippen MR) is 81.1 cm³/mol. The Hall–Kier alpha value is -2.65. The number of rotatable bonds is 5. The Balaban J connectivity index is 1.72. The average molecular weight is 332 g/mol. The maximum absolute atomic E-state index is 12.3. The van der Waals surface area contributed by atoms with Crippen molar-refractivity contribution in [2.45, 2.75) is 6.54 Å². The number of amides is 3. The molecule has 1 aliphatic heterocycles. The maximum atomic E-state index is 12.3. The second kappa shape index (κ2) is 6.23. The molecule has 3 amide bonds. The molecule has 2 heterocycles. The number of imide groups is 1. The van der Waals surface area contributed by atoms with Gasteiger partial charge in [-0.3, -0.25) is 24.6 Å². The lowest BCUT2D eigenvalue weighted by Gasteiger charge is -2.10. The molecular formula is C14H12N4O4S. The molecule has 3 rings (SSSR count). The molecule has 1 aliphatic rings. The van der Waals surface area contributed by atoms with Crippen LogP contribution < -0.4 is 5.32 Å². The largest absolute Gasteiger partial charge is 0.375 e. The van der Waals surface area contributed by atoms with Crippen LogP contribution in [0.2, 0.25) is 0 Å². The molecule has 2 aromatic rings. The highest BCUT2D eigenvalue weighted by atomic mass is 32.1. The standard InChI is InChI=1S/C14H12N4O4S/c1-22-7-10(19)15-14-17-16-11(23-14)6-18-12(20)8-4-2-3-5-9(8)13(18)21/h2-5H,6-7H2,1H3,(H,15,17,19). The summed E-state index contributed by atoms with van der Waals surface area (Å²) in [6.45, 7) is -0.0719. The molecule has 0 spiro atoms. The van der Waals surface area contributed by atoms with Crippen molar-refractivity contribution in [3.8, 4) is 0 Å². The number of nitrogens with zero attached hydrogens (tertiary/aromatic N) is 3. The van der Waals surface area contributed by atoms with Gasteiger partial charge in [0, 0.05) is 7.11 Å². The predicted octanol–water partition coefficient (Wildman–Crippen LogP) is 0.919. The summed E-state index contributed by atoms with van der Waals surface area (Å²) < 4.78 is 4.70. The molecule has 0 fully saturated rings. The second-order valence-corrected chi connectivity index (χ2v) is 5.79. The van der Waals surface area contributed by atoms with E-state index in [2.05, 4.69) is 15.5 Å². The smallest absolute Gasteiger partial charge is 0.261 e. The Kier molecular flexibility index (Phi) is 4.13. The fourth-order valence-corrected chi connectivity index (χ4v) is 2.92. The topological polar surface area (TPSA) is 101 Å². The molecule has 9 heteroatoms. The Morgan fingerprint density at radius 1 is 1.22 bits per heavy atom. The zero-order valence-corrected chi connectivity index (χ0v) is 12.9. The number of hydrogen-bond donors (Lipinski definition) is 1. The van der Waals surface area contributed by atoms with Crippen molar-refractivity contribution in [1.29, 1.82) is 0 Å². The molecule has 0 atom stereocenters. The number of methoxy groups -OCH3 is 1. The Morgan fingerprint density at radius 2 is 1.87 bits per heavy atom. The summed E-state index contributed by atoms with van der Waals surface area (Å²) >= 11 is 1.10. The van der Waals surface area contributed by atoms with E-state index in [1.165, 1.54) is 7.11 Å². The molecule has 0 aliphatic carbocycles. The fraction of sp³-hybridized carbons (Fsp3) is 0.214. The molecule has 0 radical (unpaired) electrons. The summed E-state index contributed by atoms with van der Waals surface area (Å²) in [6.07, 6.45) is 0. The van der Waals surface area contributed by atoms with Crippen molar-refractivity contribution in [2.75, 3.05) is 19.0 Å². The van der Waals surface area contributed by atoms with Gasteiger partial charge in [0.1, 0.15) is 11.6 Å². The van der Waals surface area contributed by atoms with Gasteiger partial charge in [-0.2, -0.15) is 0 Å². The molecule has 0 unspecified atom stereocenters. The third-order valence-corrected chi connectivity index (χ3v) is 3.98. The van der Waals surface area contributed by atoms with Crippen LogP contribution in [0.25, 0.3) is 0 Å². The van der Waals surface area contributed by atoms with Gasteiger partial charge < -0.3 is 4.74 Å². The summed E-state index contributed by atoms with van der Waals surface area (Å²) in [5.41, 5.74) is 0.770. The number of ether oxygens (including phenoxy) is 1. The lowest BCUT2D eigenvalue weighted by atomic mass is 10.1. The zero-order chi connectivity index (χ0) is 16.4. The van der Waals surface area contributed by atoms with Crippen LogP contribution in [0.5, 0.6) is 0 Å². The van der Waals surface area contributed by atoms with Gasteiger partial charge in [-0.1, -0.05) is 23.5 Å².